The summed E-state index contributed by atoms with van der Waals surface area (Å²) in [5.41, 5.74) is 5.31. The van der Waals surface area contributed by atoms with Crippen LogP contribution < -0.4 is 5.73 Å². The highest BCUT2D eigenvalue weighted by molar-refractivity contribution is 5.77. The first-order valence-corrected chi connectivity index (χ1v) is 3.04. The van der Waals surface area contributed by atoms with Gasteiger partial charge < -0.3 is 10.6 Å². The van der Waals surface area contributed by atoms with Gasteiger partial charge in [0, 0.05) is 6.54 Å². The predicted octanol–water partition coefficient (Wildman–Crippen LogP) is -0.0749. The molecule has 54 valence electrons. The fraction of sp³-hybridized carbons (Fsp3) is 0.833. The molecule has 0 rings (SSSR count). The summed E-state index contributed by atoms with van der Waals surface area (Å²) in [5.74, 6) is 0.664. The van der Waals surface area contributed by atoms with Crippen LogP contribution in [-0.2, 0) is 0 Å². The minimum absolute atomic E-state index is 0.664. The van der Waals surface area contributed by atoms with Crippen molar-refractivity contribution in [1.82, 2.24) is 4.90 Å². The highest BCUT2D eigenvalue weighted by atomic mass is 15.1. The van der Waals surface area contributed by atoms with Gasteiger partial charge in [0.05, 0.1) is 12.4 Å². The van der Waals surface area contributed by atoms with Crippen LogP contribution in [0, 0.1) is 0 Å². The third-order valence-electron chi connectivity index (χ3n) is 0.908. The second-order valence-electron chi connectivity index (χ2n) is 2.33. The molecule has 0 aliphatic carbocycles. The van der Waals surface area contributed by atoms with Crippen LogP contribution in [0.15, 0.2) is 4.99 Å². The van der Waals surface area contributed by atoms with Crippen LogP contribution >= 0.6 is 0 Å². The molecule has 2 N–H and O–H groups in total. The van der Waals surface area contributed by atoms with Crippen LogP contribution in [-0.4, -0.2) is 37.9 Å². The summed E-state index contributed by atoms with van der Waals surface area (Å²) in [6.45, 7) is 3.57. The van der Waals surface area contributed by atoms with Gasteiger partial charge in [-0.1, -0.05) is 0 Å². The lowest BCUT2D eigenvalue weighted by Crippen LogP contribution is -2.17. The van der Waals surface area contributed by atoms with E-state index in [0.29, 0.717) is 5.84 Å². The van der Waals surface area contributed by atoms with Crippen molar-refractivity contribution >= 4 is 5.84 Å². The number of rotatable bonds is 3. The van der Waals surface area contributed by atoms with Crippen molar-refractivity contribution in [2.75, 3.05) is 27.2 Å². The highest BCUT2D eigenvalue weighted by Gasteiger charge is 1.85. The molecule has 3 nitrogen and oxygen atoms in total. The summed E-state index contributed by atoms with van der Waals surface area (Å²) in [5, 5.41) is 0. The number of hydrogen-bond acceptors (Lipinski definition) is 2. The zero-order valence-corrected chi connectivity index (χ0v) is 6.39. The largest absolute Gasteiger partial charge is 0.388 e. The second-order valence-corrected chi connectivity index (χ2v) is 2.33. The van der Waals surface area contributed by atoms with Crippen molar-refractivity contribution in [3.8, 4) is 0 Å². The van der Waals surface area contributed by atoms with Crippen LogP contribution in [0.4, 0.5) is 0 Å². The fourth-order valence-corrected chi connectivity index (χ4v) is 0.426. The first kappa shape index (κ1) is 8.43. The van der Waals surface area contributed by atoms with Crippen LogP contribution in [0.2, 0.25) is 0 Å². The molecule has 0 bridgehead atoms. The molecule has 0 aliphatic heterocycles. The normalized spacial score (nSPS) is 12.7. The number of amidine groups is 1. The second kappa shape index (κ2) is 4.32. The van der Waals surface area contributed by atoms with Gasteiger partial charge in [0.2, 0.25) is 0 Å². The summed E-state index contributed by atoms with van der Waals surface area (Å²) in [4.78, 5) is 6.09. The summed E-state index contributed by atoms with van der Waals surface area (Å²) in [7, 11) is 4.03. The average molecular weight is 129 g/mol. The van der Waals surface area contributed by atoms with Crippen molar-refractivity contribution in [3.63, 3.8) is 0 Å². The van der Waals surface area contributed by atoms with Crippen LogP contribution in [0.3, 0.4) is 0 Å². The predicted molar refractivity (Wildman–Crippen MR) is 40.7 cm³/mol. The van der Waals surface area contributed by atoms with Crippen LogP contribution in [0.25, 0.3) is 0 Å². The van der Waals surface area contributed by atoms with E-state index in [-0.39, 0.29) is 0 Å². The Labute approximate surface area is 56.6 Å². The van der Waals surface area contributed by atoms with Crippen molar-refractivity contribution in [2.24, 2.45) is 10.7 Å². The van der Waals surface area contributed by atoms with Crippen molar-refractivity contribution in [1.29, 1.82) is 0 Å². The van der Waals surface area contributed by atoms with Crippen molar-refractivity contribution < 1.29 is 0 Å². The number of hydrogen-bond donors (Lipinski definition) is 1. The van der Waals surface area contributed by atoms with E-state index in [9.17, 15) is 0 Å². The molecule has 0 amide bonds. The lowest BCUT2D eigenvalue weighted by Gasteiger charge is -2.05. The molecule has 0 aliphatic rings. The standard InChI is InChI=1S/C6H15N3/c1-6(7)8-4-5-9(2)3/h4-5H2,1-3H3,(H2,7,8). The maximum absolute atomic E-state index is 5.31. The number of aliphatic imine (C=N–C) groups is 1. The molecule has 3 heteroatoms. The van der Waals surface area contributed by atoms with Gasteiger partial charge in [-0.15, -0.1) is 0 Å². The fourth-order valence-electron chi connectivity index (χ4n) is 0.426. The molecular formula is C6H15N3. The minimum atomic E-state index is 0.664. The van der Waals surface area contributed by atoms with Gasteiger partial charge in [-0.3, -0.25) is 4.99 Å². The lowest BCUT2D eigenvalue weighted by molar-refractivity contribution is 0.420. The van der Waals surface area contributed by atoms with E-state index >= 15 is 0 Å². The smallest absolute Gasteiger partial charge is 0.0906 e. The van der Waals surface area contributed by atoms with Gasteiger partial charge in [0.25, 0.3) is 0 Å². The van der Waals surface area contributed by atoms with Crippen LogP contribution in [0.1, 0.15) is 6.92 Å². The van der Waals surface area contributed by atoms with Crippen molar-refractivity contribution in [2.45, 2.75) is 6.92 Å². The summed E-state index contributed by atoms with van der Waals surface area (Å²) >= 11 is 0. The zero-order valence-electron chi connectivity index (χ0n) is 6.39. The van der Waals surface area contributed by atoms with E-state index in [4.69, 9.17) is 5.73 Å². The molecule has 0 saturated carbocycles. The Hall–Kier alpha value is -0.570. The molecule has 0 radical (unpaired) electrons. The first-order chi connectivity index (χ1) is 4.13. The van der Waals surface area contributed by atoms with E-state index in [1.54, 1.807) is 6.92 Å². The molecule has 0 aromatic rings. The maximum Gasteiger partial charge on any atom is 0.0906 e. The third-order valence-corrected chi connectivity index (χ3v) is 0.908. The Morgan fingerprint density at radius 2 is 2.11 bits per heavy atom. The van der Waals surface area contributed by atoms with Gasteiger partial charge in [-0.05, 0) is 21.0 Å². The molecular weight excluding hydrogens is 114 g/mol. The molecule has 0 spiro atoms. The monoisotopic (exact) mass is 129 g/mol. The molecule has 0 atom stereocenters. The highest BCUT2D eigenvalue weighted by Crippen LogP contribution is 1.75. The van der Waals surface area contributed by atoms with Gasteiger partial charge in [-0.25, -0.2) is 0 Å². The SMILES string of the molecule is CC(N)=NCCN(C)C. The van der Waals surface area contributed by atoms with E-state index < -0.39 is 0 Å². The quantitative estimate of drug-likeness (QED) is 0.428. The number of nitrogens with two attached hydrogens (primary N) is 1. The Kier molecular flexibility index (Phi) is 4.05. The Morgan fingerprint density at radius 3 is 2.44 bits per heavy atom. The maximum atomic E-state index is 5.31. The molecule has 0 fully saturated rings. The average Bonchev–Trinajstić information content (AvgIpc) is 1.63. The van der Waals surface area contributed by atoms with E-state index in [2.05, 4.69) is 9.89 Å². The minimum Gasteiger partial charge on any atom is -0.388 e. The number of likely N-dealkylation sites (N-methyl/N-ethyl adjacent to an activating group) is 1. The van der Waals surface area contributed by atoms with Gasteiger partial charge in [0.1, 0.15) is 0 Å². The van der Waals surface area contributed by atoms with E-state index in [0.717, 1.165) is 13.1 Å². The molecule has 9 heavy (non-hydrogen) atoms. The molecule has 0 aromatic carbocycles. The Bertz CT molecular complexity index is 92.5. The first-order valence-electron chi connectivity index (χ1n) is 3.04. The van der Waals surface area contributed by atoms with Gasteiger partial charge in [-0.2, -0.15) is 0 Å². The molecule has 0 saturated heterocycles. The summed E-state index contributed by atoms with van der Waals surface area (Å²) in [6, 6.07) is 0. The summed E-state index contributed by atoms with van der Waals surface area (Å²) in [6.07, 6.45) is 0. The summed E-state index contributed by atoms with van der Waals surface area (Å²) < 4.78 is 0. The number of nitrogens with zero attached hydrogens (tertiary/aromatic N) is 2. The topological polar surface area (TPSA) is 41.6 Å². The van der Waals surface area contributed by atoms with E-state index in [1.807, 2.05) is 14.1 Å². The van der Waals surface area contributed by atoms with Crippen LogP contribution in [0.5, 0.6) is 0 Å². The zero-order chi connectivity index (χ0) is 7.28. The Morgan fingerprint density at radius 1 is 1.56 bits per heavy atom. The lowest BCUT2D eigenvalue weighted by atomic mass is 10.6. The van der Waals surface area contributed by atoms with Crippen molar-refractivity contribution in [3.05, 3.63) is 0 Å². The third kappa shape index (κ3) is 7.43. The molecule has 0 aromatic heterocycles. The van der Waals surface area contributed by atoms with Gasteiger partial charge >= 0.3 is 0 Å². The van der Waals surface area contributed by atoms with E-state index in [1.165, 1.54) is 0 Å². The Balaban J connectivity index is 3.20. The molecule has 0 heterocycles. The van der Waals surface area contributed by atoms with Gasteiger partial charge in [0.15, 0.2) is 0 Å². The molecule has 0 unspecified atom stereocenters.